The topological polar surface area (TPSA) is 54.5 Å². The number of carbonyl (C=O) groups is 1. The summed E-state index contributed by atoms with van der Waals surface area (Å²) >= 11 is 0. The molecule has 4 nitrogen and oxygen atoms in total. The van der Waals surface area contributed by atoms with Crippen LogP contribution < -0.4 is 0 Å². The summed E-state index contributed by atoms with van der Waals surface area (Å²) in [6.07, 6.45) is 2.98. The van der Waals surface area contributed by atoms with Crippen LogP contribution in [0.3, 0.4) is 0 Å². The zero-order chi connectivity index (χ0) is 12.1. The second kappa shape index (κ2) is 3.60. The summed E-state index contributed by atoms with van der Waals surface area (Å²) in [4.78, 5) is 11.4. The van der Waals surface area contributed by atoms with Gasteiger partial charge in [0.1, 0.15) is 0 Å². The number of amides is 1. The molecular weight excluding hydrogens is 250 g/mol. The van der Waals surface area contributed by atoms with E-state index in [-0.39, 0.29) is 11.8 Å². The lowest BCUT2D eigenvalue weighted by Gasteiger charge is -2.56. The van der Waals surface area contributed by atoms with Crippen molar-refractivity contribution in [3.05, 3.63) is 0 Å². The maximum absolute atomic E-state index is 11.4. The highest BCUT2D eigenvalue weighted by Gasteiger charge is 2.60. The van der Waals surface area contributed by atoms with Gasteiger partial charge in [-0.3, -0.25) is 4.79 Å². The molecule has 0 bridgehead atoms. The monoisotopic (exact) mass is 265 g/mol. The molecule has 2 rings (SSSR count). The van der Waals surface area contributed by atoms with Crippen molar-refractivity contribution in [2.75, 3.05) is 0 Å². The van der Waals surface area contributed by atoms with E-state index in [1.807, 2.05) is 6.92 Å². The average molecular weight is 266 g/mol. The molecule has 92 valence electrons. The van der Waals surface area contributed by atoms with E-state index >= 15 is 0 Å². The van der Waals surface area contributed by atoms with Crippen LogP contribution in [0, 0.1) is 11.8 Å². The molecule has 1 aliphatic heterocycles. The van der Waals surface area contributed by atoms with Crippen LogP contribution in [0.2, 0.25) is 0 Å². The molecule has 0 aromatic rings. The molecule has 16 heavy (non-hydrogen) atoms. The van der Waals surface area contributed by atoms with Crippen LogP contribution in [-0.2, 0) is 14.0 Å². The number of β-lactam (4-membered cyclic amide) rings is 1. The van der Waals surface area contributed by atoms with Gasteiger partial charge in [0.25, 0.3) is 0 Å². The Kier molecular flexibility index (Phi) is 2.74. The molecule has 1 heterocycles. The van der Waals surface area contributed by atoms with E-state index in [1.54, 1.807) is 0 Å². The van der Waals surface area contributed by atoms with Crippen molar-refractivity contribution >= 4 is 25.8 Å². The van der Waals surface area contributed by atoms with Gasteiger partial charge in [0.05, 0.1) is 12.0 Å². The van der Waals surface area contributed by atoms with Crippen molar-refractivity contribution in [3.8, 4) is 0 Å². The predicted molar refractivity (Wildman–Crippen MR) is 61.1 cm³/mol. The molecule has 2 fully saturated rings. The van der Waals surface area contributed by atoms with Gasteiger partial charge in [-0.2, -0.15) is 8.42 Å². The van der Waals surface area contributed by atoms with E-state index in [1.165, 1.54) is 0 Å². The SMILES string of the molecule is CC1CCC2(CC(=O)N2S(=O)(=O)Cl)C(C)C1. The normalized spacial score (nSPS) is 39.9. The number of rotatable bonds is 1. The summed E-state index contributed by atoms with van der Waals surface area (Å²) in [6, 6.07) is 0. The summed E-state index contributed by atoms with van der Waals surface area (Å²) in [5.41, 5.74) is -0.524. The van der Waals surface area contributed by atoms with E-state index in [0.717, 1.165) is 23.6 Å². The van der Waals surface area contributed by atoms with Gasteiger partial charge in [-0.25, -0.2) is 4.31 Å². The van der Waals surface area contributed by atoms with E-state index in [9.17, 15) is 13.2 Å². The third-order valence-electron chi connectivity index (χ3n) is 4.05. The summed E-state index contributed by atoms with van der Waals surface area (Å²) in [6.45, 7) is 4.17. The Hall–Kier alpha value is -0.290. The summed E-state index contributed by atoms with van der Waals surface area (Å²) in [5, 5.41) is 0. The third kappa shape index (κ3) is 1.64. The van der Waals surface area contributed by atoms with E-state index in [2.05, 4.69) is 6.92 Å². The second-order valence-electron chi connectivity index (χ2n) is 5.16. The number of hydrogen-bond donors (Lipinski definition) is 0. The molecule has 6 heteroatoms. The Bertz CT molecular complexity index is 422. The standard InChI is InChI=1S/C10H16ClNO3S/c1-7-3-4-10(8(2)5-7)6-9(13)12(10)16(11,14)15/h7-8H,3-6H2,1-2H3. The van der Waals surface area contributed by atoms with Crippen LogP contribution >= 0.6 is 10.7 Å². The predicted octanol–water partition coefficient (Wildman–Crippen LogP) is 1.90. The number of nitrogens with zero attached hydrogens (tertiary/aromatic N) is 1. The molecule has 1 spiro atoms. The van der Waals surface area contributed by atoms with Gasteiger partial charge in [0.15, 0.2) is 0 Å². The molecule has 0 N–H and O–H groups in total. The Morgan fingerprint density at radius 3 is 2.50 bits per heavy atom. The van der Waals surface area contributed by atoms with Gasteiger partial charge in [-0.15, -0.1) is 0 Å². The van der Waals surface area contributed by atoms with Crippen LogP contribution in [0.15, 0.2) is 0 Å². The maximum atomic E-state index is 11.4. The van der Waals surface area contributed by atoms with E-state index in [4.69, 9.17) is 10.7 Å². The van der Waals surface area contributed by atoms with Gasteiger partial charge in [0.2, 0.25) is 5.91 Å². The highest BCUT2D eigenvalue weighted by Crippen LogP contribution is 2.50. The molecule has 0 aromatic heterocycles. The van der Waals surface area contributed by atoms with Crippen LogP contribution in [0.5, 0.6) is 0 Å². The highest BCUT2D eigenvalue weighted by atomic mass is 35.7. The van der Waals surface area contributed by atoms with Gasteiger partial charge >= 0.3 is 9.24 Å². The minimum Gasteiger partial charge on any atom is -0.274 e. The first-order valence-corrected chi connectivity index (χ1v) is 7.82. The molecular formula is C10H16ClNO3S. The summed E-state index contributed by atoms with van der Waals surface area (Å²) < 4.78 is 23.7. The first-order valence-electron chi connectivity index (χ1n) is 5.55. The largest absolute Gasteiger partial charge is 0.324 e. The van der Waals surface area contributed by atoms with Gasteiger partial charge < -0.3 is 0 Å². The average Bonchev–Trinajstić information content (AvgIpc) is 2.06. The number of halogens is 1. The lowest BCUT2D eigenvalue weighted by atomic mass is 9.65. The molecule has 1 saturated heterocycles. The van der Waals surface area contributed by atoms with Crippen molar-refractivity contribution in [1.82, 2.24) is 4.31 Å². The Balaban J connectivity index is 2.30. The molecule has 0 aromatic carbocycles. The maximum Gasteiger partial charge on any atom is 0.324 e. The van der Waals surface area contributed by atoms with Gasteiger partial charge in [-0.1, -0.05) is 13.8 Å². The van der Waals surface area contributed by atoms with Crippen LogP contribution in [0.1, 0.15) is 39.5 Å². The van der Waals surface area contributed by atoms with Crippen molar-refractivity contribution < 1.29 is 13.2 Å². The summed E-state index contributed by atoms with van der Waals surface area (Å²) in [7, 11) is 1.41. The Morgan fingerprint density at radius 1 is 1.44 bits per heavy atom. The lowest BCUT2D eigenvalue weighted by Crippen LogP contribution is -2.68. The Morgan fingerprint density at radius 2 is 2.06 bits per heavy atom. The zero-order valence-electron chi connectivity index (χ0n) is 9.44. The van der Waals surface area contributed by atoms with Crippen molar-refractivity contribution in [2.45, 2.75) is 45.1 Å². The number of hydrogen-bond acceptors (Lipinski definition) is 3. The van der Waals surface area contributed by atoms with Crippen molar-refractivity contribution in [2.24, 2.45) is 11.8 Å². The fourth-order valence-electron chi connectivity index (χ4n) is 3.15. The first-order chi connectivity index (χ1) is 7.27. The van der Waals surface area contributed by atoms with E-state index < -0.39 is 14.8 Å². The molecule has 1 aliphatic carbocycles. The van der Waals surface area contributed by atoms with Crippen LogP contribution in [0.4, 0.5) is 0 Å². The molecule has 1 amide bonds. The molecule has 1 saturated carbocycles. The Labute approximate surface area is 101 Å². The summed E-state index contributed by atoms with van der Waals surface area (Å²) in [5.74, 6) is 0.426. The second-order valence-corrected chi connectivity index (χ2v) is 7.52. The zero-order valence-corrected chi connectivity index (χ0v) is 11.0. The van der Waals surface area contributed by atoms with Crippen molar-refractivity contribution in [1.29, 1.82) is 0 Å². The fraction of sp³-hybridized carbons (Fsp3) is 0.900. The van der Waals surface area contributed by atoms with Crippen LogP contribution in [-0.4, -0.2) is 24.2 Å². The van der Waals surface area contributed by atoms with Crippen molar-refractivity contribution in [3.63, 3.8) is 0 Å². The molecule has 3 atom stereocenters. The molecule has 2 aliphatic rings. The molecule has 3 unspecified atom stereocenters. The molecule has 0 radical (unpaired) electrons. The minimum absolute atomic E-state index is 0.197. The first kappa shape index (κ1) is 12.2. The third-order valence-corrected chi connectivity index (χ3v) is 5.47. The van der Waals surface area contributed by atoms with Crippen LogP contribution in [0.25, 0.3) is 0 Å². The smallest absolute Gasteiger partial charge is 0.274 e. The lowest BCUT2D eigenvalue weighted by molar-refractivity contribution is -0.152. The highest BCUT2D eigenvalue weighted by molar-refractivity contribution is 8.12. The quantitative estimate of drug-likeness (QED) is 0.537. The van der Waals surface area contributed by atoms with E-state index in [0.29, 0.717) is 12.3 Å². The van der Waals surface area contributed by atoms with Gasteiger partial charge in [-0.05, 0) is 31.1 Å². The number of carbonyl (C=O) groups excluding carboxylic acids is 1. The van der Waals surface area contributed by atoms with Gasteiger partial charge in [0, 0.05) is 10.7 Å². The fourth-order valence-corrected chi connectivity index (χ4v) is 4.87. The minimum atomic E-state index is -3.92.